The van der Waals surface area contributed by atoms with E-state index in [9.17, 15) is 9.59 Å². The van der Waals surface area contributed by atoms with Crippen LogP contribution < -0.4 is 11.1 Å². The van der Waals surface area contributed by atoms with Crippen molar-refractivity contribution in [1.82, 2.24) is 9.78 Å². The molecule has 0 bridgehead atoms. The Morgan fingerprint density at radius 3 is 2.38 bits per heavy atom. The first kappa shape index (κ1) is 18.6. The molecule has 0 aliphatic heterocycles. The molecule has 0 atom stereocenters. The molecule has 29 heavy (non-hydrogen) atoms. The summed E-state index contributed by atoms with van der Waals surface area (Å²) >= 11 is 1.34. The van der Waals surface area contributed by atoms with Gasteiger partial charge in [-0.3, -0.25) is 9.59 Å². The summed E-state index contributed by atoms with van der Waals surface area (Å²) in [4.78, 5) is 25.9. The molecule has 4 rings (SSSR count). The number of primary amides is 1. The minimum atomic E-state index is -0.572. The minimum Gasteiger partial charge on any atom is -0.365 e. The first-order valence-corrected chi connectivity index (χ1v) is 9.76. The molecule has 144 valence electrons. The van der Waals surface area contributed by atoms with Gasteiger partial charge in [-0.1, -0.05) is 30.3 Å². The van der Waals surface area contributed by atoms with Crippen molar-refractivity contribution in [2.75, 3.05) is 5.32 Å². The number of rotatable bonds is 5. The third-order valence-corrected chi connectivity index (χ3v) is 5.54. The smallest absolute Gasteiger partial charge is 0.256 e. The molecule has 6 nitrogen and oxygen atoms in total. The van der Waals surface area contributed by atoms with Gasteiger partial charge in [-0.25, -0.2) is 4.68 Å². The van der Waals surface area contributed by atoms with Crippen LogP contribution in [0.15, 0.2) is 73.1 Å². The molecule has 3 N–H and O–H groups in total. The van der Waals surface area contributed by atoms with Crippen LogP contribution in [0, 0.1) is 6.92 Å². The lowest BCUT2D eigenvalue weighted by Crippen LogP contribution is -2.17. The SMILES string of the molecule is Cc1sc(NC(=O)c2ccc(-n3cccn3)cc2)c(C(N)=O)c1-c1ccccc1. The van der Waals surface area contributed by atoms with Crippen LogP contribution in [-0.4, -0.2) is 21.6 Å². The number of nitrogens with one attached hydrogen (secondary N) is 1. The summed E-state index contributed by atoms with van der Waals surface area (Å²) in [6, 6.07) is 18.4. The van der Waals surface area contributed by atoms with Crippen molar-refractivity contribution in [3.8, 4) is 16.8 Å². The van der Waals surface area contributed by atoms with Gasteiger partial charge in [-0.15, -0.1) is 11.3 Å². The summed E-state index contributed by atoms with van der Waals surface area (Å²) in [6.45, 7) is 1.91. The van der Waals surface area contributed by atoms with Crippen LogP contribution in [0.3, 0.4) is 0 Å². The van der Waals surface area contributed by atoms with E-state index in [2.05, 4.69) is 10.4 Å². The Balaban J connectivity index is 1.64. The van der Waals surface area contributed by atoms with E-state index in [0.717, 1.165) is 21.7 Å². The normalized spacial score (nSPS) is 10.7. The summed E-state index contributed by atoms with van der Waals surface area (Å²) in [5, 5.41) is 7.47. The van der Waals surface area contributed by atoms with Gasteiger partial charge in [0.05, 0.1) is 11.3 Å². The fourth-order valence-corrected chi connectivity index (χ4v) is 4.26. The van der Waals surface area contributed by atoms with E-state index in [1.165, 1.54) is 11.3 Å². The molecule has 2 amide bonds. The van der Waals surface area contributed by atoms with E-state index in [1.54, 1.807) is 23.0 Å². The van der Waals surface area contributed by atoms with Gasteiger partial charge in [0.15, 0.2) is 0 Å². The van der Waals surface area contributed by atoms with Crippen LogP contribution >= 0.6 is 11.3 Å². The number of nitrogens with two attached hydrogens (primary N) is 1. The van der Waals surface area contributed by atoms with E-state index in [4.69, 9.17) is 5.73 Å². The van der Waals surface area contributed by atoms with E-state index >= 15 is 0 Å². The van der Waals surface area contributed by atoms with Crippen molar-refractivity contribution in [1.29, 1.82) is 0 Å². The first-order chi connectivity index (χ1) is 14.0. The molecule has 2 heterocycles. The Labute approximate surface area is 171 Å². The molecule has 0 fully saturated rings. The topological polar surface area (TPSA) is 90.0 Å². The fourth-order valence-electron chi connectivity index (χ4n) is 3.18. The Bertz CT molecular complexity index is 1160. The molecule has 4 aromatic rings. The van der Waals surface area contributed by atoms with Crippen LogP contribution in [0.2, 0.25) is 0 Å². The van der Waals surface area contributed by atoms with Gasteiger partial charge in [-0.2, -0.15) is 5.10 Å². The maximum Gasteiger partial charge on any atom is 0.256 e. The quantitative estimate of drug-likeness (QED) is 0.523. The molecule has 7 heteroatoms. The van der Waals surface area contributed by atoms with Gasteiger partial charge in [0.2, 0.25) is 0 Å². The maximum absolute atomic E-state index is 12.8. The molecule has 0 radical (unpaired) electrons. The molecule has 0 saturated carbocycles. The predicted octanol–water partition coefficient (Wildman–Crippen LogP) is 4.26. The zero-order valence-electron chi connectivity index (χ0n) is 15.6. The van der Waals surface area contributed by atoms with Crippen molar-refractivity contribution in [3.63, 3.8) is 0 Å². The van der Waals surface area contributed by atoms with Crippen LogP contribution in [0.4, 0.5) is 5.00 Å². The number of thiophene rings is 1. The second kappa shape index (κ2) is 7.73. The summed E-state index contributed by atoms with van der Waals surface area (Å²) < 4.78 is 1.71. The summed E-state index contributed by atoms with van der Waals surface area (Å²) in [5.41, 5.74) is 8.97. The van der Waals surface area contributed by atoms with Gasteiger partial charge in [-0.05, 0) is 42.8 Å². The molecule has 0 saturated heterocycles. The number of aryl methyl sites for hydroxylation is 1. The number of aromatic nitrogens is 2. The van der Waals surface area contributed by atoms with E-state index in [1.807, 2.05) is 61.7 Å². The first-order valence-electron chi connectivity index (χ1n) is 8.94. The number of carbonyl (C=O) groups excluding carboxylic acids is 2. The number of carbonyl (C=O) groups is 2. The number of benzene rings is 2. The van der Waals surface area contributed by atoms with Crippen LogP contribution in [0.25, 0.3) is 16.8 Å². The highest BCUT2D eigenvalue weighted by atomic mass is 32.1. The lowest BCUT2D eigenvalue weighted by atomic mass is 10.0. The van der Waals surface area contributed by atoms with Crippen LogP contribution in [0.1, 0.15) is 25.6 Å². The average molecular weight is 402 g/mol. The predicted molar refractivity (Wildman–Crippen MR) is 115 cm³/mol. The van der Waals surface area contributed by atoms with E-state index < -0.39 is 5.91 Å². The largest absolute Gasteiger partial charge is 0.365 e. The van der Waals surface area contributed by atoms with Crippen molar-refractivity contribution in [2.45, 2.75) is 6.92 Å². The number of hydrogen-bond acceptors (Lipinski definition) is 4. The van der Waals surface area contributed by atoms with Gasteiger partial charge in [0, 0.05) is 28.4 Å². The minimum absolute atomic E-state index is 0.305. The summed E-state index contributed by atoms with van der Waals surface area (Å²) in [7, 11) is 0. The molecular weight excluding hydrogens is 384 g/mol. The lowest BCUT2D eigenvalue weighted by Gasteiger charge is -2.08. The Kier molecular flexibility index (Phi) is 4.97. The Morgan fingerprint density at radius 2 is 1.76 bits per heavy atom. The molecular formula is C22H18N4O2S. The molecule has 0 spiro atoms. The van der Waals surface area contributed by atoms with Crippen molar-refractivity contribution in [3.05, 3.63) is 89.1 Å². The third-order valence-electron chi connectivity index (χ3n) is 4.52. The molecule has 2 aromatic carbocycles. The van der Waals surface area contributed by atoms with Gasteiger partial charge in [0.25, 0.3) is 11.8 Å². The number of nitrogens with zero attached hydrogens (tertiary/aromatic N) is 2. The van der Waals surface area contributed by atoms with Gasteiger partial charge >= 0.3 is 0 Å². The summed E-state index contributed by atoms with van der Waals surface area (Å²) in [5.74, 6) is -0.877. The van der Waals surface area contributed by atoms with Crippen molar-refractivity contribution < 1.29 is 9.59 Å². The van der Waals surface area contributed by atoms with E-state index in [0.29, 0.717) is 16.1 Å². The number of amides is 2. The van der Waals surface area contributed by atoms with Crippen molar-refractivity contribution in [2.24, 2.45) is 5.73 Å². The summed E-state index contributed by atoms with van der Waals surface area (Å²) in [6.07, 6.45) is 3.52. The van der Waals surface area contributed by atoms with Crippen LogP contribution in [0.5, 0.6) is 0 Å². The zero-order valence-corrected chi connectivity index (χ0v) is 16.4. The van der Waals surface area contributed by atoms with E-state index in [-0.39, 0.29) is 5.91 Å². The third kappa shape index (κ3) is 3.68. The average Bonchev–Trinajstić information content (AvgIpc) is 3.37. The number of anilines is 1. The standard InChI is InChI=1S/C22H18N4O2S/c1-14-18(15-6-3-2-4-7-15)19(20(23)27)22(29-14)25-21(28)16-8-10-17(11-9-16)26-13-5-12-24-26/h2-13H,1H3,(H2,23,27)(H,25,28). The highest BCUT2D eigenvalue weighted by Crippen LogP contribution is 2.39. The Hall–Kier alpha value is -3.71. The molecule has 0 aliphatic carbocycles. The number of hydrogen-bond donors (Lipinski definition) is 2. The second-order valence-electron chi connectivity index (χ2n) is 6.42. The monoisotopic (exact) mass is 402 g/mol. The fraction of sp³-hybridized carbons (Fsp3) is 0.0455. The Morgan fingerprint density at radius 1 is 1.03 bits per heavy atom. The highest BCUT2D eigenvalue weighted by molar-refractivity contribution is 7.17. The molecule has 0 unspecified atom stereocenters. The lowest BCUT2D eigenvalue weighted by molar-refractivity contribution is 0.100. The van der Waals surface area contributed by atoms with Crippen LogP contribution in [-0.2, 0) is 0 Å². The van der Waals surface area contributed by atoms with Crippen molar-refractivity contribution >= 4 is 28.2 Å². The molecule has 2 aromatic heterocycles. The second-order valence-corrected chi connectivity index (χ2v) is 7.64. The molecule has 0 aliphatic rings. The van der Waals surface area contributed by atoms with Gasteiger partial charge in [0.1, 0.15) is 5.00 Å². The maximum atomic E-state index is 12.8. The highest BCUT2D eigenvalue weighted by Gasteiger charge is 2.23. The van der Waals surface area contributed by atoms with Gasteiger partial charge < -0.3 is 11.1 Å². The zero-order chi connectivity index (χ0) is 20.4.